The summed E-state index contributed by atoms with van der Waals surface area (Å²) in [7, 11) is -4.77. The number of ether oxygens (including phenoxy) is 3. The number of carbonyl (C=O) groups excluding carboxylic acids is 3. The molecule has 11 nitrogen and oxygen atoms in total. The Morgan fingerprint density at radius 3 is 1.11 bits per heavy atom. The van der Waals surface area contributed by atoms with Crippen LogP contribution in [0.2, 0.25) is 0 Å². The summed E-state index contributed by atoms with van der Waals surface area (Å²) >= 11 is 0. The maximum Gasteiger partial charge on any atom is 0.472 e. The molecule has 0 aliphatic rings. The van der Waals surface area contributed by atoms with E-state index < -0.39 is 57.8 Å². The molecular weight excluding hydrogens is 952 g/mol. The van der Waals surface area contributed by atoms with Gasteiger partial charge in [0, 0.05) is 19.3 Å². The fourth-order valence-electron chi connectivity index (χ4n) is 7.33. The zero-order valence-corrected chi connectivity index (χ0v) is 47.4. The van der Waals surface area contributed by atoms with Crippen LogP contribution in [-0.2, 0) is 42.2 Å². The van der Waals surface area contributed by atoms with E-state index in [0.29, 0.717) is 19.3 Å². The van der Waals surface area contributed by atoms with E-state index in [1.165, 1.54) is 32.1 Å². The average Bonchev–Trinajstić information content (AvgIpc) is 3.39. The third-order valence-electron chi connectivity index (χ3n) is 11.7. The summed E-state index contributed by atoms with van der Waals surface area (Å²) in [5.41, 5.74) is 0. The van der Waals surface area contributed by atoms with Crippen molar-refractivity contribution < 1.29 is 52.2 Å². The van der Waals surface area contributed by atoms with Gasteiger partial charge >= 0.3 is 25.7 Å². The van der Waals surface area contributed by atoms with E-state index in [4.69, 9.17) is 23.3 Å². The number of allylic oxidation sites excluding steroid dienone is 18. The minimum absolute atomic E-state index is 0.107. The molecule has 0 saturated carbocycles. The number of aliphatic hydroxyl groups excluding tert-OH is 1. The first-order valence-corrected chi connectivity index (χ1v) is 30.3. The van der Waals surface area contributed by atoms with Crippen molar-refractivity contribution in [1.82, 2.24) is 0 Å². The van der Waals surface area contributed by atoms with Crippen molar-refractivity contribution in [3.05, 3.63) is 109 Å². The molecule has 0 heterocycles. The minimum atomic E-state index is -4.77. The Labute approximate surface area is 450 Å². The van der Waals surface area contributed by atoms with Crippen LogP contribution in [0.1, 0.15) is 226 Å². The lowest BCUT2D eigenvalue weighted by Gasteiger charge is -2.21. The number of carbonyl (C=O) groups is 3. The van der Waals surface area contributed by atoms with Gasteiger partial charge in [0.2, 0.25) is 0 Å². The van der Waals surface area contributed by atoms with Crippen molar-refractivity contribution in [2.75, 3.05) is 26.4 Å². The van der Waals surface area contributed by atoms with Crippen molar-refractivity contribution in [1.29, 1.82) is 0 Å². The fraction of sp³-hybridized carbons (Fsp3) is 0.661. The highest BCUT2D eigenvalue weighted by molar-refractivity contribution is 7.47. The van der Waals surface area contributed by atoms with E-state index in [9.17, 15) is 28.9 Å². The van der Waals surface area contributed by atoms with Crippen LogP contribution in [0, 0.1) is 0 Å². The Hall–Kier alpha value is -3.86. The third-order valence-corrected chi connectivity index (χ3v) is 12.6. The van der Waals surface area contributed by atoms with E-state index in [1.54, 1.807) is 0 Å². The van der Waals surface area contributed by atoms with Crippen LogP contribution in [0.25, 0.3) is 0 Å². The molecule has 0 saturated heterocycles. The zero-order chi connectivity index (χ0) is 54.1. The van der Waals surface area contributed by atoms with E-state index in [2.05, 4.69) is 130 Å². The Morgan fingerprint density at radius 1 is 0.392 bits per heavy atom. The van der Waals surface area contributed by atoms with Gasteiger partial charge in [-0.2, -0.15) is 0 Å². The van der Waals surface area contributed by atoms with Crippen LogP contribution in [0.15, 0.2) is 109 Å². The van der Waals surface area contributed by atoms with Gasteiger partial charge in [0.25, 0.3) is 0 Å². The number of esters is 3. The quantitative estimate of drug-likeness (QED) is 0.0197. The lowest BCUT2D eigenvalue weighted by molar-refractivity contribution is -0.161. The number of unbranched alkanes of at least 4 members (excludes halogenated alkanes) is 17. The molecule has 0 amide bonds. The van der Waals surface area contributed by atoms with Crippen molar-refractivity contribution in [2.45, 2.75) is 238 Å². The van der Waals surface area contributed by atoms with Crippen molar-refractivity contribution in [3.63, 3.8) is 0 Å². The maximum atomic E-state index is 12.9. The Balaban J connectivity index is 4.81. The summed E-state index contributed by atoms with van der Waals surface area (Å²) in [6, 6.07) is 0. The molecule has 0 bridgehead atoms. The Kier molecular flexibility index (Phi) is 52.5. The summed E-state index contributed by atoms with van der Waals surface area (Å²) < 4.78 is 39.5. The smallest absolute Gasteiger partial charge is 0.462 e. The van der Waals surface area contributed by atoms with Crippen LogP contribution >= 0.6 is 7.82 Å². The number of aliphatic hydroxyl groups is 1. The molecule has 0 rings (SSSR count). The normalized spacial score (nSPS) is 14.2. The molecule has 12 heteroatoms. The second-order valence-electron chi connectivity index (χ2n) is 18.7. The summed E-state index contributed by atoms with van der Waals surface area (Å²) in [6.07, 6.45) is 66.2. The highest BCUT2D eigenvalue weighted by atomic mass is 31.2. The number of hydrogen-bond acceptors (Lipinski definition) is 10. The van der Waals surface area contributed by atoms with Crippen LogP contribution in [0.5, 0.6) is 0 Å². The molecule has 0 fully saturated rings. The van der Waals surface area contributed by atoms with Gasteiger partial charge in [-0.05, 0) is 122 Å². The van der Waals surface area contributed by atoms with Gasteiger partial charge in [-0.1, -0.05) is 194 Å². The number of rotatable bonds is 52. The molecular formula is C62H103O11P. The lowest BCUT2D eigenvalue weighted by atomic mass is 10.1. The highest BCUT2D eigenvalue weighted by Gasteiger charge is 2.28. The average molecular weight is 1060 g/mol. The van der Waals surface area contributed by atoms with Gasteiger partial charge in [-0.3, -0.25) is 23.4 Å². The zero-order valence-electron chi connectivity index (χ0n) is 46.5. The van der Waals surface area contributed by atoms with Gasteiger partial charge in [0.05, 0.1) is 19.8 Å². The number of phosphoric acid groups is 1. The lowest BCUT2D eigenvalue weighted by Crippen LogP contribution is -2.30. The first kappa shape index (κ1) is 70.1. The van der Waals surface area contributed by atoms with Gasteiger partial charge in [0.15, 0.2) is 6.10 Å². The molecule has 0 radical (unpaired) electrons. The molecule has 3 unspecified atom stereocenters. The largest absolute Gasteiger partial charge is 0.472 e. The maximum absolute atomic E-state index is 12.9. The molecule has 2 N–H and O–H groups in total. The molecule has 3 atom stereocenters. The summed E-state index contributed by atoms with van der Waals surface area (Å²) in [5, 5.41) is 9.81. The van der Waals surface area contributed by atoms with E-state index >= 15 is 0 Å². The second-order valence-corrected chi connectivity index (χ2v) is 20.1. The highest BCUT2D eigenvalue weighted by Crippen LogP contribution is 2.43. The van der Waals surface area contributed by atoms with Gasteiger partial charge < -0.3 is 24.2 Å². The molecule has 0 aliphatic carbocycles. The Bertz CT molecular complexity index is 1660. The van der Waals surface area contributed by atoms with Crippen LogP contribution in [-0.4, -0.2) is 66.5 Å². The molecule has 0 aromatic carbocycles. The van der Waals surface area contributed by atoms with Gasteiger partial charge in [-0.15, -0.1) is 0 Å². The van der Waals surface area contributed by atoms with Crippen molar-refractivity contribution in [3.8, 4) is 0 Å². The molecule has 0 aromatic rings. The predicted molar refractivity (Wildman–Crippen MR) is 307 cm³/mol. The monoisotopic (exact) mass is 1050 g/mol. The van der Waals surface area contributed by atoms with Crippen LogP contribution < -0.4 is 0 Å². The minimum Gasteiger partial charge on any atom is -0.462 e. The SMILES string of the molecule is CC/C=C\C/C=C\C/C=C\C/C=C\CCCCC(=O)OC(COC(=O)CCCCCCCCC/C=C\C/C=C\C/C=C\CC)COP(=O)(O)OCC(CO)OC(=O)CCCCCCC/C=C\C/C=C\CCCCC. The summed E-state index contributed by atoms with van der Waals surface area (Å²) in [6.45, 7) is 4.31. The number of hydrogen-bond donors (Lipinski definition) is 2. The first-order chi connectivity index (χ1) is 36.2. The van der Waals surface area contributed by atoms with E-state index in [0.717, 1.165) is 135 Å². The third kappa shape index (κ3) is 53.0. The Morgan fingerprint density at radius 2 is 0.703 bits per heavy atom. The standard InChI is InChI=1S/C62H103O11P/c1-4-7-10-13-16-19-22-25-28-29-32-33-36-39-42-45-48-51-60(64)69-55-59(73-62(66)53-50-47-44-41-38-35-31-27-24-21-18-15-12-9-6-3)57-71-74(67,68)70-56-58(54-63)72-61(65)52-49-46-43-40-37-34-30-26-23-20-17-14-11-8-5-2/h7,9-10,12,16-21,25-28,30-31,38,41,58-59,63H,4-6,8,11,13-15,22-24,29,32-37,39-40,42-57H2,1-3H3,(H,67,68)/b10-7-,12-9-,19-16-,20-17-,21-18-,28-25-,30-26-,31-27-,41-38-. The fourth-order valence-corrected chi connectivity index (χ4v) is 8.12. The molecule has 422 valence electrons. The molecule has 0 aliphatic heterocycles. The topological polar surface area (TPSA) is 155 Å². The summed E-state index contributed by atoms with van der Waals surface area (Å²) in [4.78, 5) is 48.5. The van der Waals surface area contributed by atoms with Crippen LogP contribution in [0.4, 0.5) is 0 Å². The second kappa shape index (κ2) is 55.4. The molecule has 0 spiro atoms. The predicted octanol–water partition coefficient (Wildman–Crippen LogP) is 17.0. The number of phosphoric ester groups is 1. The van der Waals surface area contributed by atoms with Gasteiger partial charge in [-0.25, -0.2) is 4.57 Å². The van der Waals surface area contributed by atoms with E-state index in [-0.39, 0.29) is 25.9 Å². The van der Waals surface area contributed by atoms with Crippen molar-refractivity contribution in [2.24, 2.45) is 0 Å². The van der Waals surface area contributed by atoms with Crippen LogP contribution in [0.3, 0.4) is 0 Å². The van der Waals surface area contributed by atoms with E-state index in [1.807, 2.05) is 0 Å². The van der Waals surface area contributed by atoms with Gasteiger partial charge in [0.1, 0.15) is 12.7 Å². The summed E-state index contributed by atoms with van der Waals surface area (Å²) in [5.74, 6) is -1.55. The first-order valence-electron chi connectivity index (χ1n) is 28.8. The molecule has 74 heavy (non-hydrogen) atoms. The molecule has 0 aromatic heterocycles. The van der Waals surface area contributed by atoms with Crippen molar-refractivity contribution >= 4 is 25.7 Å².